The molecule has 0 unspecified atom stereocenters. The number of aryl methyl sites for hydroxylation is 1. The van der Waals surface area contributed by atoms with Crippen LogP contribution in [0, 0.1) is 23.0 Å². The third kappa shape index (κ3) is 2.59. The molecule has 0 amide bonds. The van der Waals surface area contributed by atoms with Gasteiger partial charge in [0.25, 0.3) is 0 Å². The average molecular weight is 250 g/mol. The van der Waals surface area contributed by atoms with Crippen molar-refractivity contribution in [3.63, 3.8) is 0 Å². The molecule has 2 rings (SSSR count). The normalized spacial score (nSPS) is 16.9. The smallest absolute Gasteiger partial charge is 0.311 e. The Hall–Kier alpha value is -1.69. The highest BCUT2D eigenvalue weighted by Gasteiger charge is 2.25. The van der Waals surface area contributed by atoms with Crippen molar-refractivity contribution < 1.29 is 4.92 Å². The van der Waals surface area contributed by atoms with Crippen LogP contribution in [0.1, 0.15) is 18.4 Å². The Morgan fingerprint density at radius 1 is 1.56 bits per heavy atom. The fourth-order valence-corrected chi connectivity index (χ4v) is 2.31. The standard InChI is InChI=1S/C12H18N4O2/c1-9-6-11(16(17)18)12(14-8-9)15-4-2-10(7-13)3-5-15/h6,8,10H,2-5,7,13H2,1H3. The van der Waals surface area contributed by atoms with Gasteiger partial charge in [0, 0.05) is 25.4 Å². The molecular weight excluding hydrogens is 232 g/mol. The highest BCUT2D eigenvalue weighted by Crippen LogP contribution is 2.29. The molecule has 1 aromatic rings. The summed E-state index contributed by atoms with van der Waals surface area (Å²) in [5, 5.41) is 11.1. The zero-order valence-corrected chi connectivity index (χ0v) is 10.5. The molecule has 2 heterocycles. The van der Waals surface area contributed by atoms with Crippen molar-refractivity contribution in [3.05, 3.63) is 27.9 Å². The monoisotopic (exact) mass is 250 g/mol. The molecule has 0 radical (unpaired) electrons. The first kappa shape index (κ1) is 12.8. The number of piperidine rings is 1. The van der Waals surface area contributed by atoms with E-state index in [4.69, 9.17) is 5.73 Å². The van der Waals surface area contributed by atoms with E-state index in [1.807, 2.05) is 11.8 Å². The van der Waals surface area contributed by atoms with Crippen LogP contribution < -0.4 is 10.6 Å². The van der Waals surface area contributed by atoms with E-state index in [1.165, 1.54) is 0 Å². The zero-order chi connectivity index (χ0) is 13.1. The molecule has 1 aliphatic heterocycles. The van der Waals surface area contributed by atoms with Crippen molar-refractivity contribution in [2.24, 2.45) is 11.7 Å². The van der Waals surface area contributed by atoms with Crippen LogP contribution in [-0.2, 0) is 0 Å². The number of nitro groups is 1. The summed E-state index contributed by atoms with van der Waals surface area (Å²) < 4.78 is 0. The maximum absolute atomic E-state index is 11.1. The Balaban J connectivity index is 2.21. The van der Waals surface area contributed by atoms with Crippen LogP contribution >= 0.6 is 0 Å². The molecule has 98 valence electrons. The molecule has 0 bridgehead atoms. The predicted octanol–water partition coefficient (Wildman–Crippen LogP) is 1.47. The van der Waals surface area contributed by atoms with Gasteiger partial charge < -0.3 is 10.6 Å². The van der Waals surface area contributed by atoms with Crippen molar-refractivity contribution >= 4 is 11.5 Å². The summed E-state index contributed by atoms with van der Waals surface area (Å²) >= 11 is 0. The van der Waals surface area contributed by atoms with Gasteiger partial charge in [-0.15, -0.1) is 0 Å². The minimum atomic E-state index is -0.357. The fourth-order valence-electron chi connectivity index (χ4n) is 2.31. The van der Waals surface area contributed by atoms with E-state index >= 15 is 0 Å². The van der Waals surface area contributed by atoms with Crippen molar-refractivity contribution in [2.75, 3.05) is 24.5 Å². The number of rotatable bonds is 3. The van der Waals surface area contributed by atoms with Crippen molar-refractivity contribution in [2.45, 2.75) is 19.8 Å². The van der Waals surface area contributed by atoms with E-state index in [9.17, 15) is 10.1 Å². The molecule has 0 spiro atoms. The fraction of sp³-hybridized carbons (Fsp3) is 0.583. The molecular formula is C12H18N4O2. The van der Waals surface area contributed by atoms with E-state index in [0.717, 1.165) is 31.5 Å². The Labute approximate surface area is 106 Å². The Bertz CT molecular complexity index is 442. The first-order valence-electron chi connectivity index (χ1n) is 6.18. The molecule has 6 nitrogen and oxygen atoms in total. The third-order valence-electron chi connectivity index (χ3n) is 3.43. The van der Waals surface area contributed by atoms with Gasteiger partial charge in [0.05, 0.1) is 4.92 Å². The average Bonchev–Trinajstić information content (AvgIpc) is 2.39. The second-order valence-corrected chi connectivity index (χ2v) is 4.78. The summed E-state index contributed by atoms with van der Waals surface area (Å²) in [5.74, 6) is 1.02. The molecule has 0 aliphatic carbocycles. The van der Waals surface area contributed by atoms with E-state index in [0.29, 0.717) is 18.3 Å². The van der Waals surface area contributed by atoms with Crippen LogP contribution in [-0.4, -0.2) is 29.5 Å². The molecule has 1 fully saturated rings. The predicted molar refractivity (Wildman–Crippen MR) is 69.6 cm³/mol. The number of nitrogens with two attached hydrogens (primary N) is 1. The summed E-state index contributed by atoms with van der Waals surface area (Å²) in [6.07, 6.45) is 3.63. The van der Waals surface area contributed by atoms with Crippen LogP contribution in [0.15, 0.2) is 12.3 Å². The van der Waals surface area contributed by atoms with Gasteiger partial charge >= 0.3 is 5.69 Å². The van der Waals surface area contributed by atoms with E-state index in [2.05, 4.69) is 4.98 Å². The molecule has 0 saturated carbocycles. The van der Waals surface area contributed by atoms with E-state index in [-0.39, 0.29) is 10.6 Å². The van der Waals surface area contributed by atoms with Crippen LogP contribution in [0.5, 0.6) is 0 Å². The lowest BCUT2D eigenvalue weighted by atomic mass is 9.97. The first-order valence-corrected chi connectivity index (χ1v) is 6.18. The van der Waals surface area contributed by atoms with E-state index < -0.39 is 0 Å². The summed E-state index contributed by atoms with van der Waals surface area (Å²) in [6, 6.07) is 1.58. The van der Waals surface area contributed by atoms with Gasteiger partial charge in [-0.1, -0.05) is 0 Å². The summed E-state index contributed by atoms with van der Waals surface area (Å²) in [6.45, 7) is 4.08. The molecule has 0 aromatic carbocycles. The van der Waals surface area contributed by atoms with Crippen LogP contribution in [0.25, 0.3) is 0 Å². The lowest BCUT2D eigenvalue weighted by Crippen LogP contribution is -2.36. The number of pyridine rings is 1. The maximum atomic E-state index is 11.1. The quantitative estimate of drug-likeness (QED) is 0.648. The summed E-state index contributed by atoms with van der Waals surface area (Å²) in [4.78, 5) is 16.9. The van der Waals surface area contributed by atoms with Gasteiger partial charge in [0.15, 0.2) is 0 Å². The Morgan fingerprint density at radius 3 is 2.78 bits per heavy atom. The highest BCUT2D eigenvalue weighted by molar-refractivity contribution is 5.58. The van der Waals surface area contributed by atoms with Gasteiger partial charge in [-0.05, 0) is 37.8 Å². The molecule has 0 atom stereocenters. The molecule has 1 saturated heterocycles. The Kier molecular flexibility index (Phi) is 3.76. The second-order valence-electron chi connectivity index (χ2n) is 4.78. The molecule has 2 N–H and O–H groups in total. The molecule has 1 aromatic heterocycles. The van der Waals surface area contributed by atoms with Gasteiger partial charge in [0.2, 0.25) is 5.82 Å². The van der Waals surface area contributed by atoms with Gasteiger partial charge in [-0.25, -0.2) is 4.98 Å². The van der Waals surface area contributed by atoms with Crippen molar-refractivity contribution in [3.8, 4) is 0 Å². The SMILES string of the molecule is Cc1cnc(N2CCC(CN)CC2)c([N+](=O)[O-])c1. The number of aromatic nitrogens is 1. The first-order chi connectivity index (χ1) is 8.61. The second kappa shape index (κ2) is 5.30. The van der Waals surface area contributed by atoms with E-state index in [1.54, 1.807) is 12.3 Å². The molecule has 6 heteroatoms. The topological polar surface area (TPSA) is 85.3 Å². The molecule has 1 aliphatic rings. The van der Waals surface area contributed by atoms with Crippen molar-refractivity contribution in [1.29, 1.82) is 0 Å². The minimum Gasteiger partial charge on any atom is -0.351 e. The molecule has 18 heavy (non-hydrogen) atoms. The lowest BCUT2D eigenvalue weighted by Gasteiger charge is -2.31. The van der Waals surface area contributed by atoms with Crippen LogP contribution in [0.3, 0.4) is 0 Å². The minimum absolute atomic E-state index is 0.0983. The number of hydrogen-bond acceptors (Lipinski definition) is 5. The zero-order valence-electron chi connectivity index (χ0n) is 10.5. The van der Waals surface area contributed by atoms with Crippen molar-refractivity contribution in [1.82, 2.24) is 4.98 Å². The van der Waals surface area contributed by atoms with Gasteiger partial charge in [-0.3, -0.25) is 10.1 Å². The van der Waals surface area contributed by atoms with Crippen LogP contribution in [0.4, 0.5) is 11.5 Å². The lowest BCUT2D eigenvalue weighted by molar-refractivity contribution is -0.384. The Morgan fingerprint density at radius 2 is 2.22 bits per heavy atom. The third-order valence-corrected chi connectivity index (χ3v) is 3.43. The van der Waals surface area contributed by atoms with Gasteiger partial charge in [0.1, 0.15) is 0 Å². The van der Waals surface area contributed by atoms with Gasteiger partial charge in [-0.2, -0.15) is 0 Å². The summed E-state index contributed by atoms with van der Waals surface area (Å²) in [5.41, 5.74) is 6.55. The number of nitrogens with zero attached hydrogens (tertiary/aromatic N) is 3. The maximum Gasteiger partial charge on any atom is 0.311 e. The largest absolute Gasteiger partial charge is 0.351 e. The number of anilines is 1. The highest BCUT2D eigenvalue weighted by atomic mass is 16.6. The number of hydrogen-bond donors (Lipinski definition) is 1. The summed E-state index contributed by atoms with van der Waals surface area (Å²) in [7, 11) is 0. The van der Waals surface area contributed by atoms with Crippen LogP contribution in [0.2, 0.25) is 0 Å².